The molecule has 1 fully saturated rings. The van der Waals surface area contributed by atoms with E-state index in [0.717, 1.165) is 6.54 Å². The fraction of sp³-hybridized carbons (Fsp3) is 1.00. The van der Waals surface area contributed by atoms with Gasteiger partial charge in [0.2, 0.25) is 0 Å². The Morgan fingerprint density at radius 2 is 1.88 bits per heavy atom. The first kappa shape index (κ1) is 14.9. The van der Waals surface area contributed by atoms with Gasteiger partial charge in [-0.1, -0.05) is 20.8 Å². The second kappa shape index (κ2) is 6.17. The van der Waals surface area contributed by atoms with Gasteiger partial charge in [-0.05, 0) is 52.4 Å². The van der Waals surface area contributed by atoms with Crippen LogP contribution in [0, 0.1) is 5.92 Å². The number of aliphatic hydroxyl groups is 1. The molecule has 0 aromatic carbocycles. The lowest BCUT2D eigenvalue weighted by molar-refractivity contribution is -0.0281. The molecule has 0 spiro atoms. The lowest BCUT2D eigenvalue weighted by Crippen LogP contribution is -2.50. The first-order valence-corrected chi connectivity index (χ1v) is 7.01. The molecule has 1 N–H and O–H groups in total. The molecule has 17 heavy (non-hydrogen) atoms. The average molecular weight is 242 g/mol. The summed E-state index contributed by atoms with van der Waals surface area (Å²) in [7, 11) is 2.16. The Morgan fingerprint density at radius 1 is 1.35 bits per heavy atom. The van der Waals surface area contributed by atoms with Gasteiger partial charge in [-0.2, -0.15) is 0 Å². The van der Waals surface area contributed by atoms with Crippen molar-refractivity contribution >= 4 is 0 Å². The van der Waals surface area contributed by atoms with Gasteiger partial charge in [-0.25, -0.2) is 0 Å². The van der Waals surface area contributed by atoms with Crippen molar-refractivity contribution in [2.45, 2.75) is 52.2 Å². The number of rotatable bonds is 5. The SMILES string of the molecule is CCN1CCC(N(C)CC(C)(O)C(C)C)CC1. The van der Waals surface area contributed by atoms with Gasteiger partial charge in [-0.15, -0.1) is 0 Å². The normalized spacial score (nSPS) is 23.3. The Hall–Kier alpha value is -0.120. The van der Waals surface area contributed by atoms with E-state index in [9.17, 15) is 5.11 Å². The van der Waals surface area contributed by atoms with Crippen molar-refractivity contribution in [3.05, 3.63) is 0 Å². The third-order valence-electron chi connectivity index (χ3n) is 4.44. The van der Waals surface area contributed by atoms with Gasteiger partial charge >= 0.3 is 0 Å². The van der Waals surface area contributed by atoms with Crippen molar-refractivity contribution in [1.82, 2.24) is 9.80 Å². The van der Waals surface area contributed by atoms with Crippen LogP contribution >= 0.6 is 0 Å². The molecule has 0 aliphatic carbocycles. The number of likely N-dealkylation sites (N-methyl/N-ethyl adjacent to an activating group) is 1. The van der Waals surface area contributed by atoms with E-state index in [2.05, 4.69) is 37.6 Å². The van der Waals surface area contributed by atoms with Crippen LogP contribution < -0.4 is 0 Å². The van der Waals surface area contributed by atoms with Crippen molar-refractivity contribution in [3.8, 4) is 0 Å². The van der Waals surface area contributed by atoms with Crippen LogP contribution in [0.3, 0.4) is 0 Å². The van der Waals surface area contributed by atoms with E-state index in [1.807, 2.05) is 6.92 Å². The van der Waals surface area contributed by atoms with Gasteiger partial charge in [0.15, 0.2) is 0 Å². The van der Waals surface area contributed by atoms with Crippen LogP contribution in [-0.4, -0.2) is 59.8 Å². The first-order valence-electron chi connectivity index (χ1n) is 7.01. The summed E-state index contributed by atoms with van der Waals surface area (Å²) in [6.07, 6.45) is 2.47. The van der Waals surface area contributed by atoms with E-state index in [0.29, 0.717) is 12.0 Å². The number of nitrogens with zero attached hydrogens (tertiary/aromatic N) is 2. The Morgan fingerprint density at radius 3 is 2.29 bits per heavy atom. The number of hydrogen-bond acceptors (Lipinski definition) is 3. The largest absolute Gasteiger partial charge is 0.389 e. The molecule has 0 aromatic heterocycles. The summed E-state index contributed by atoms with van der Waals surface area (Å²) in [6.45, 7) is 12.7. The lowest BCUT2D eigenvalue weighted by Gasteiger charge is -2.40. The standard InChI is InChI=1S/C14H30N2O/c1-6-16-9-7-13(8-10-16)15(5)11-14(4,17)12(2)3/h12-13,17H,6-11H2,1-5H3. The van der Waals surface area contributed by atoms with Crippen LogP contribution in [-0.2, 0) is 0 Å². The van der Waals surface area contributed by atoms with Crippen LogP contribution in [0.4, 0.5) is 0 Å². The van der Waals surface area contributed by atoms with Crippen molar-refractivity contribution in [1.29, 1.82) is 0 Å². The minimum absolute atomic E-state index is 0.306. The molecule has 1 aliphatic heterocycles. The summed E-state index contributed by atoms with van der Waals surface area (Å²) >= 11 is 0. The van der Waals surface area contributed by atoms with Crippen molar-refractivity contribution in [3.63, 3.8) is 0 Å². The van der Waals surface area contributed by atoms with E-state index in [-0.39, 0.29) is 0 Å². The molecule has 0 aromatic rings. The van der Waals surface area contributed by atoms with Crippen LogP contribution in [0.1, 0.15) is 40.5 Å². The van der Waals surface area contributed by atoms with E-state index in [4.69, 9.17) is 0 Å². The maximum absolute atomic E-state index is 10.3. The lowest BCUT2D eigenvalue weighted by atomic mass is 9.91. The van der Waals surface area contributed by atoms with Gasteiger partial charge in [0.25, 0.3) is 0 Å². The number of likely N-dealkylation sites (tertiary alicyclic amines) is 1. The highest BCUT2D eigenvalue weighted by Crippen LogP contribution is 2.21. The minimum Gasteiger partial charge on any atom is -0.389 e. The fourth-order valence-electron chi connectivity index (χ4n) is 2.49. The Balaban J connectivity index is 2.41. The van der Waals surface area contributed by atoms with Gasteiger partial charge in [0.05, 0.1) is 5.60 Å². The van der Waals surface area contributed by atoms with Gasteiger partial charge in [0.1, 0.15) is 0 Å². The summed E-state index contributed by atoms with van der Waals surface area (Å²) in [5, 5.41) is 10.3. The minimum atomic E-state index is -0.573. The summed E-state index contributed by atoms with van der Waals surface area (Å²) < 4.78 is 0. The molecule has 3 heteroatoms. The number of piperidine rings is 1. The summed E-state index contributed by atoms with van der Waals surface area (Å²) in [6, 6.07) is 0.642. The topological polar surface area (TPSA) is 26.7 Å². The summed E-state index contributed by atoms with van der Waals surface area (Å²) in [4.78, 5) is 4.86. The molecule has 0 amide bonds. The molecule has 1 aliphatic rings. The highest BCUT2D eigenvalue weighted by atomic mass is 16.3. The van der Waals surface area contributed by atoms with E-state index in [1.54, 1.807) is 0 Å². The second-order valence-electron chi connectivity index (χ2n) is 6.09. The number of hydrogen-bond donors (Lipinski definition) is 1. The molecule has 1 saturated heterocycles. The van der Waals surface area contributed by atoms with E-state index >= 15 is 0 Å². The predicted molar refractivity (Wildman–Crippen MR) is 73.2 cm³/mol. The van der Waals surface area contributed by atoms with Crippen molar-refractivity contribution in [2.24, 2.45) is 5.92 Å². The third kappa shape index (κ3) is 4.23. The van der Waals surface area contributed by atoms with Crippen LogP contribution in [0.5, 0.6) is 0 Å². The maximum atomic E-state index is 10.3. The third-order valence-corrected chi connectivity index (χ3v) is 4.44. The Labute approximate surface area is 107 Å². The van der Waals surface area contributed by atoms with Gasteiger partial charge in [0, 0.05) is 12.6 Å². The Bertz CT molecular complexity index is 220. The first-order chi connectivity index (χ1) is 7.86. The molecule has 3 nitrogen and oxygen atoms in total. The molecular weight excluding hydrogens is 212 g/mol. The average Bonchev–Trinajstić information content (AvgIpc) is 2.28. The molecule has 0 bridgehead atoms. The smallest absolute Gasteiger partial charge is 0.0768 e. The van der Waals surface area contributed by atoms with Crippen molar-refractivity contribution < 1.29 is 5.11 Å². The molecule has 0 radical (unpaired) electrons. The second-order valence-corrected chi connectivity index (χ2v) is 6.09. The summed E-state index contributed by atoms with van der Waals surface area (Å²) in [5.74, 6) is 0.306. The van der Waals surface area contributed by atoms with Gasteiger partial charge in [-0.3, -0.25) is 0 Å². The Kier molecular flexibility index (Phi) is 5.42. The van der Waals surface area contributed by atoms with Crippen LogP contribution in [0.25, 0.3) is 0 Å². The molecule has 1 rings (SSSR count). The fourth-order valence-corrected chi connectivity index (χ4v) is 2.49. The summed E-state index contributed by atoms with van der Waals surface area (Å²) in [5.41, 5.74) is -0.573. The quantitative estimate of drug-likeness (QED) is 0.796. The molecular formula is C14H30N2O. The maximum Gasteiger partial charge on any atom is 0.0768 e. The highest BCUT2D eigenvalue weighted by Gasteiger charge is 2.30. The van der Waals surface area contributed by atoms with Crippen LogP contribution in [0.15, 0.2) is 0 Å². The molecule has 1 unspecified atom stereocenters. The zero-order valence-electron chi connectivity index (χ0n) is 12.2. The molecule has 1 heterocycles. The zero-order chi connectivity index (χ0) is 13.1. The van der Waals surface area contributed by atoms with Gasteiger partial charge < -0.3 is 14.9 Å². The zero-order valence-corrected chi connectivity index (χ0v) is 12.2. The highest BCUT2D eigenvalue weighted by molar-refractivity contribution is 4.84. The van der Waals surface area contributed by atoms with E-state index in [1.165, 1.54) is 32.5 Å². The molecule has 0 saturated carbocycles. The van der Waals surface area contributed by atoms with Crippen LogP contribution in [0.2, 0.25) is 0 Å². The van der Waals surface area contributed by atoms with Crippen molar-refractivity contribution in [2.75, 3.05) is 33.2 Å². The molecule has 1 atom stereocenters. The monoisotopic (exact) mass is 242 g/mol. The predicted octanol–water partition coefficient (Wildman–Crippen LogP) is 1.81. The van der Waals surface area contributed by atoms with E-state index < -0.39 is 5.60 Å². The molecule has 102 valence electrons.